The van der Waals surface area contributed by atoms with Gasteiger partial charge in [-0.3, -0.25) is 0 Å². The van der Waals surface area contributed by atoms with Gasteiger partial charge in [0.1, 0.15) is 5.82 Å². The molecule has 0 saturated carbocycles. The predicted molar refractivity (Wildman–Crippen MR) is 122 cm³/mol. The van der Waals surface area contributed by atoms with Gasteiger partial charge in [0.15, 0.2) is 11.7 Å². The fourth-order valence-electron chi connectivity index (χ4n) is 3.10. The Morgan fingerprint density at radius 3 is 1.90 bits per heavy atom. The number of aryl methyl sites for hydroxylation is 1. The van der Waals surface area contributed by atoms with E-state index in [9.17, 15) is 13.2 Å². The number of rotatable bonds is 6. The van der Waals surface area contributed by atoms with Gasteiger partial charge >= 0.3 is 0 Å². The Bertz CT molecular complexity index is 1120. The van der Waals surface area contributed by atoms with Gasteiger partial charge in [-0.1, -0.05) is 68.0 Å². The van der Waals surface area contributed by atoms with Crippen LogP contribution in [0.4, 0.5) is 18.9 Å². The summed E-state index contributed by atoms with van der Waals surface area (Å²) in [4.78, 5) is 0. The fourth-order valence-corrected chi connectivity index (χ4v) is 3.10. The van der Waals surface area contributed by atoms with Gasteiger partial charge in [0.05, 0.1) is 5.69 Å². The van der Waals surface area contributed by atoms with E-state index in [0.29, 0.717) is 11.1 Å². The zero-order valence-electron chi connectivity index (χ0n) is 17.4. The minimum absolute atomic E-state index is 0.0605. The van der Waals surface area contributed by atoms with Crippen LogP contribution >= 0.6 is 0 Å². The van der Waals surface area contributed by atoms with Crippen molar-refractivity contribution >= 4 is 17.3 Å². The lowest BCUT2D eigenvalue weighted by Gasteiger charge is -2.05. The van der Waals surface area contributed by atoms with Crippen LogP contribution in [0.3, 0.4) is 0 Å². The summed E-state index contributed by atoms with van der Waals surface area (Å²) in [6, 6.07) is 17.4. The van der Waals surface area contributed by atoms with Crippen molar-refractivity contribution in [1.82, 2.24) is 0 Å². The van der Waals surface area contributed by atoms with Crippen molar-refractivity contribution < 1.29 is 13.2 Å². The second-order valence-electron chi connectivity index (χ2n) is 7.35. The van der Waals surface area contributed by atoms with Crippen molar-refractivity contribution in [2.75, 3.05) is 5.73 Å². The van der Waals surface area contributed by atoms with Crippen molar-refractivity contribution in [3.8, 4) is 11.8 Å². The molecule has 0 unspecified atom stereocenters. The second-order valence-corrected chi connectivity index (χ2v) is 7.35. The van der Waals surface area contributed by atoms with E-state index >= 15 is 0 Å². The second kappa shape index (κ2) is 10.5. The molecule has 0 aliphatic heterocycles. The van der Waals surface area contributed by atoms with Gasteiger partial charge < -0.3 is 5.73 Å². The highest BCUT2D eigenvalue weighted by molar-refractivity contribution is 5.83. The number of anilines is 1. The summed E-state index contributed by atoms with van der Waals surface area (Å²) in [7, 11) is 0. The molecular formula is C27H24F3N. The van der Waals surface area contributed by atoms with E-state index in [2.05, 4.69) is 18.8 Å². The summed E-state index contributed by atoms with van der Waals surface area (Å²) in [6.07, 6.45) is 4.32. The van der Waals surface area contributed by atoms with Crippen LogP contribution in [0.2, 0.25) is 0 Å². The van der Waals surface area contributed by atoms with Crippen molar-refractivity contribution in [2.24, 2.45) is 0 Å². The SMILES string of the molecule is CCCCCc1ccc(/C(F)=C(\F)c2ccc(C#Cc3ccc(N)c(F)c3)cc2)cc1. The lowest BCUT2D eigenvalue weighted by Crippen LogP contribution is -1.90. The van der Waals surface area contributed by atoms with Crippen molar-refractivity contribution in [3.63, 3.8) is 0 Å². The number of nitrogens with two attached hydrogens (primary N) is 1. The third kappa shape index (κ3) is 6.02. The van der Waals surface area contributed by atoms with E-state index in [1.54, 1.807) is 30.3 Å². The highest BCUT2D eigenvalue weighted by Gasteiger charge is 2.11. The van der Waals surface area contributed by atoms with Gasteiger partial charge in [-0.05, 0) is 48.7 Å². The first-order chi connectivity index (χ1) is 15.0. The zero-order chi connectivity index (χ0) is 22.2. The topological polar surface area (TPSA) is 26.0 Å². The van der Waals surface area contributed by atoms with E-state index in [0.717, 1.165) is 31.2 Å². The number of hydrogen-bond donors (Lipinski definition) is 1. The Morgan fingerprint density at radius 1 is 0.774 bits per heavy atom. The number of unbranched alkanes of at least 4 members (excludes halogenated alkanes) is 2. The van der Waals surface area contributed by atoms with Crippen LogP contribution < -0.4 is 5.73 Å². The maximum atomic E-state index is 14.6. The number of hydrogen-bond acceptors (Lipinski definition) is 1. The normalized spacial score (nSPS) is 11.5. The number of benzene rings is 3. The van der Waals surface area contributed by atoms with Crippen molar-refractivity contribution in [2.45, 2.75) is 32.6 Å². The Balaban J connectivity index is 1.73. The number of halogens is 3. The number of nitrogen functional groups attached to an aromatic ring is 1. The van der Waals surface area contributed by atoms with E-state index in [4.69, 9.17) is 5.73 Å². The summed E-state index contributed by atoms with van der Waals surface area (Å²) >= 11 is 0. The average Bonchev–Trinajstić information content (AvgIpc) is 2.80. The maximum absolute atomic E-state index is 14.6. The van der Waals surface area contributed by atoms with Gasteiger partial charge in [0.25, 0.3) is 0 Å². The minimum atomic E-state index is -0.918. The lowest BCUT2D eigenvalue weighted by molar-refractivity contribution is 0.632. The first-order valence-electron chi connectivity index (χ1n) is 10.3. The fraction of sp³-hybridized carbons (Fsp3) is 0.185. The highest BCUT2D eigenvalue weighted by atomic mass is 19.2. The van der Waals surface area contributed by atoms with Crippen LogP contribution in [0.15, 0.2) is 66.7 Å². The summed E-state index contributed by atoms with van der Waals surface area (Å²) in [5, 5.41) is 0. The molecule has 3 aromatic rings. The van der Waals surface area contributed by atoms with Crippen LogP contribution in [-0.2, 0) is 6.42 Å². The molecule has 2 N–H and O–H groups in total. The van der Waals surface area contributed by atoms with E-state index in [1.165, 1.54) is 24.3 Å². The van der Waals surface area contributed by atoms with Gasteiger partial charge in [-0.15, -0.1) is 0 Å². The van der Waals surface area contributed by atoms with Gasteiger partial charge in [0, 0.05) is 22.3 Å². The molecule has 4 heteroatoms. The third-order valence-electron chi connectivity index (χ3n) is 4.96. The molecule has 1 nitrogen and oxygen atoms in total. The smallest absolute Gasteiger partial charge is 0.166 e. The van der Waals surface area contributed by atoms with Crippen LogP contribution in [0.25, 0.3) is 11.7 Å². The summed E-state index contributed by atoms with van der Waals surface area (Å²) < 4.78 is 42.7. The molecule has 0 radical (unpaired) electrons. The zero-order valence-corrected chi connectivity index (χ0v) is 17.4. The standard InChI is InChI=1S/C27H24F3N/c1-2-3-4-5-19-8-13-22(14-9-19)26(29)27(30)23-15-10-20(11-16-23)6-7-21-12-17-25(31)24(28)18-21/h8-18H,2-5,31H2,1H3/b27-26+. The molecule has 158 valence electrons. The van der Waals surface area contributed by atoms with E-state index in [-0.39, 0.29) is 16.8 Å². The first kappa shape index (κ1) is 22.2. The third-order valence-corrected chi connectivity index (χ3v) is 4.96. The van der Waals surface area contributed by atoms with Gasteiger partial charge in [-0.25, -0.2) is 13.2 Å². The summed E-state index contributed by atoms with van der Waals surface area (Å²) in [6.45, 7) is 2.15. The molecule has 0 bridgehead atoms. The Kier molecular flexibility index (Phi) is 7.56. The van der Waals surface area contributed by atoms with Crippen LogP contribution in [0.5, 0.6) is 0 Å². The molecule has 3 rings (SSSR count). The molecule has 0 heterocycles. The highest BCUT2D eigenvalue weighted by Crippen LogP contribution is 2.29. The molecule has 0 aliphatic rings. The Morgan fingerprint density at radius 2 is 1.32 bits per heavy atom. The molecule has 0 spiro atoms. The molecule has 0 aromatic heterocycles. The van der Waals surface area contributed by atoms with Gasteiger partial charge in [0.2, 0.25) is 0 Å². The molecule has 0 aliphatic carbocycles. The first-order valence-corrected chi connectivity index (χ1v) is 10.3. The van der Waals surface area contributed by atoms with E-state index < -0.39 is 17.5 Å². The summed E-state index contributed by atoms with van der Waals surface area (Å²) in [5.74, 6) is 3.36. The largest absolute Gasteiger partial charge is 0.396 e. The predicted octanol–water partition coefficient (Wildman–Crippen LogP) is 7.31. The Hall–Kier alpha value is -3.45. The van der Waals surface area contributed by atoms with Crippen LogP contribution in [0, 0.1) is 17.7 Å². The summed E-state index contributed by atoms with van der Waals surface area (Å²) in [5.41, 5.74) is 8.05. The molecule has 31 heavy (non-hydrogen) atoms. The molecular weight excluding hydrogens is 395 g/mol. The monoisotopic (exact) mass is 419 g/mol. The molecule has 0 fully saturated rings. The Labute approximate surface area is 181 Å². The van der Waals surface area contributed by atoms with Gasteiger partial charge in [-0.2, -0.15) is 0 Å². The van der Waals surface area contributed by atoms with Crippen molar-refractivity contribution in [1.29, 1.82) is 0 Å². The van der Waals surface area contributed by atoms with Crippen LogP contribution in [-0.4, -0.2) is 0 Å². The molecule has 3 aromatic carbocycles. The lowest BCUT2D eigenvalue weighted by atomic mass is 10.0. The molecule has 0 amide bonds. The van der Waals surface area contributed by atoms with Crippen LogP contribution in [0.1, 0.15) is 54.0 Å². The molecule has 0 saturated heterocycles. The van der Waals surface area contributed by atoms with Crippen molar-refractivity contribution in [3.05, 3.63) is 100 Å². The average molecular weight is 419 g/mol. The van der Waals surface area contributed by atoms with E-state index in [1.807, 2.05) is 12.1 Å². The minimum Gasteiger partial charge on any atom is -0.396 e. The quantitative estimate of drug-likeness (QED) is 0.193. The molecule has 0 atom stereocenters. The maximum Gasteiger partial charge on any atom is 0.166 e.